The first-order chi connectivity index (χ1) is 16.4. The summed E-state index contributed by atoms with van der Waals surface area (Å²) in [5, 5.41) is 33.1. The Labute approximate surface area is 191 Å². The second-order valence-electron chi connectivity index (χ2n) is 7.66. The number of para-hydroxylation sites is 2. The fourth-order valence-corrected chi connectivity index (χ4v) is 4.17. The smallest absolute Gasteiger partial charge is 0.344 e. The zero-order valence-corrected chi connectivity index (χ0v) is 17.8. The second-order valence-corrected chi connectivity index (χ2v) is 7.66. The number of benzene rings is 3. The lowest BCUT2D eigenvalue weighted by Crippen LogP contribution is -2.21. The predicted octanol–water partition coefficient (Wildman–Crippen LogP) is 4.21. The number of hydrogen-bond donors (Lipinski definition) is 3. The Bertz CT molecular complexity index is 1580. The Morgan fingerprint density at radius 1 is 0.735 bits per heavy atom. The fraction of sp³-hybridized carbons (Fsp3) is 0.0769. The monoisotopic (exact) mass is 458 g/mol. The summed E-state index contributed by atoms with van der Waals surface area (Å²) in [6.07, 6.45) is 0. The molecule has 8 heteroatoms. The molecule has 0 bridgehead atoms. The number of phenolic OH excluding ortho intramolecular Hbond substituents is 1. The van der Waals surface area contributed by atoms with Crippen LogP contribution in [0.1, 0.15) is 22.6 Å². The SMILES string of the molecule is COc1ccc(C(c2c(O)c3ccccc3oc2=O)c2c(O)c3ccccc3oc2=O)cc1O. The van der Waals surface area contributed by atoms with Gasteiger partial charge in [0, 0.05) is 0 Å². The first-order valence-corrected chi connectivity index (χ1v) is 10.3. The Balaban J connectivity index is 1.91. The average molecular weight is 458 g/mol. The van der Waals surface area contributed by atoms with Gasteiger partial charge in [-0.25, -0.2) is 9.59 Å². The van der Waals surface area contributed by atoms with Gasteiger partial charge in [0.15, 0.2) is 11.5 Å². The molecule has 170 valence electrons. The molecule has 2 heterocycles. The standard InChI is InChI=1S/C26H18O8/c1-32-19-11-10-13(12-16(19)27)20(21-23(28)14-6-2-4-8-17(14)33-25(21)30)22-24(29)15-7-3-5-9-18(15)34-26(22)31/h2-12,20,27-29H,1H3. The number of phenols is 1. The maximum absolute atomic E-state index is 13.1. The van der Waals surface area contributed by atoms with E-state index >= 15 is 0 Å². The van der Waals surface area contributed by atoms with Crippen molar-refractivity contribution in [3.05, 3.63) is 104 Å². The number of aromatic hydroxyl groups is 3. The highest BCUT2D eigenvalue weighted by molar-refractivity contribution is 5.87. The maximum atomic E-state index is 13.1. The van der Waals surface area contributed by atoms with Crippen LogP contribution in [-0.4, -0.2) is 22.4 Å². The molecule has 0 spiro atoms. The number of fused-ring (bicyclic) bond motifs is 2. The van der Waals surface area contributed by atoms with Crippen LogP contribution < -0.4 is 16.0 Å². The van der Waals surface area contributed by atoms with Gasteiger partial charge in [-0.3, -0.25) is 0 Å². The molecule has 2 aromatic heterocycles. The summed E-state index contributed by atoms with van der Waals surface area (Å²) in [6, 6.07) is 17.0. The first kappa shape index (κ1) is 21.1. The molecule has 0 radical (unpaired) electrons. The van der Waals surface area contributed by atoms with Gasteiger partial charge in [-0.2, -0.15) is 0 Å². The minimum absolute atomic E-state index is 0.153. The number of methoxy groups -OCH3 is 1. The van der Waals surface area contributed by atoms with Gasteiger partial charge >= 0.3 is 11.3 Å². The van der Waals surface area contributed by atoms with Crippen molar-refractivity contribution in [2.24, 2.45) is 0 Å². The summed E-state index contributed by atoms with van der Waals surface area (Å²) in [5.74, 6) is -2.27. The van der Waals surface area contributed by atoms with E-state index in [2.05, 4.69) is 0 Å². The molecule has 0 fully saturated rings. The van der Waals surface area contributed by atoms with E-state index in [-0.39, 0.29) is 50.1 Å². The van der Waals surface area contributed by atoms with Crippen LogP contribution in [0, 0.1) is 0 Å². The van der Waals surface area contributed by atoms with Crippen LogP contribution in [0.4, 0.5) is 0 Å². The van der Waals surface area contributed by atoms with E-state index in [1.165, 1.54) is 37.4 Å². The minimum atomic E-state index is -1.33. The van der Waals surface area contributed by atoms with Crippen molar-refractivity contribution in [3.63, 3.8) is 0 Å². The summed E-state index contributed by atoms with van der Waals surface area (Å²) in [6.45, 7) is 0. The van der Waals surface area contributed by atoms with Gasteiger partial charge in [0.1, 0.15) is 22.7 Å². The van der Waals surface area contributed by atoms with Crippen LogP contribution in [0.15, 0.2) is 85.2 Å². The molecular formula is C26H18O8. The van der Waals surface area contributed by atoms with Crippen LogP contribution in [0.2, 0.25) is 0 Å². The van der Waals surface area contributed by atoms with Gasteiger partial charge in [0.25, 0.3) is 0 Å². The molecule has 3 aromatic carbocycles. The van der Waals surface area contributed by atoms with E-state index in [0.29, 0.717) is 0 Å². The largest absolute Gasteiger partial charge is 0.507 e. The van der Waals surface area contributed by atoms with Crippen molar-refractivity contribution in [3.8, 4) is 23.0 Å². The Morgan fingerprint density at radius 3 is 1.71 bits per heavy atom. The quantitative estimate of drug-likeness (QED) is 0.342. The summed E-state index contributed by atoms with van der Waals surface area (Å²) in [7, 11) is 1.37. The van der Waals surface area contributed by atoms with Crippen LogP contribution >= 0.6 is 0 Å². The van der Waals surface area contributed by atoms with Crippen molar-refractivity contribution in [2.75, 3.05) is 7.11 Å². The van der Waals surface area contributed by atoms with Gasteiger partial charge in [-0.05, 0) is 42.0 Å². The fourth-order valence-electron chi connectivity index (χ4n) is 4.17. The molecule has 0 aliphatic heterocycles. The molecule has 0 saturated carbocycles. The number of ether oxygens (including phenoxy) is 1. The molecule has 0 saturated heterocycles. The van der Waals surface area contributed by atoms with Gasteiger partial charge in [-0.15, -0.1) is 0 Å². The summed E-state index contributed by atoms with van der Waals surface area (Å²) in [4.78, 5) is 26.2. The minimum Gasteiger partial charge on any atom is -0.507 e. The Kier molecular flexibility index (Phi) is 4.98. The predicted molar refractivity (Wildman–Crippen MR) is 124 cm³/mol. The Morgan fingerprint density at radius 2 is 1.24 bits per heavy atom. The highest BCUT2D eigenvalue weighted by atomic mass is 16.5. The lowest BCUT2D eigenvalue weighted by Gasteiger charge is -2.20. The third-order valence-corrected chi connectivity index (χ3v) is 5.75. The highest BCUT2D eigenvalue weighted by Gasteiger charge is 2.33. The lowest BCUT2D eigenvalue weighted by atomic mass is 9.84. The molecule has 0 amide bonds. The van der Waals surface area contributed by atoms with E-state index in [9.17, 15) is 24.9 Å². The van der Waals surface area contributed by atoms with E-state index in [0.717, 1.165) is 0 Å². The molecule has 34 heavy (non-hydrogen) atoms. The molecule has 5 rings (SSSR count). The zero-order chi connectivity index (χ0) is 24.0. The molecule has 0 atom stereocenters. The molecule has 0 aliphatic rings. The zero-order valence-electron chi connectivity index (χ0n) is 17.8. The Hall–Kier alpha value is -4.72. The van der Waals surface area contributed by atoms with Crippen molar-refractivity contribution in [2.45, 2.75) is 5.92 Å². The topological polar surface area (TPSA) is 130 Å². The lowest BCUT2D eigenvalue weighted by molar-refractivity contribution is 0.373. The van der Waals surface area contributed by atoms with E-state index in [4.69, 9.17) is 13.6 Å². The van der Waals surface area contributed by atoms with Crippen molar-refractivity contribution in [1.82, 2.24) is 0 Å². The summed E-state index contributed by atoms with van der Waals surface area (Å²) < 4.78 is 15.9. The van der Waals surface area contributed by atoms with Crippen molar-refractivity contribution >= 4 is 21.9 Å². The number of rotatable bonds is 4. The van der Waals surface area contributed by atoms with Gasteiger partial charge in [0.2, 0.25) is 0 Å². The summed E-state index contributed by atoms with van der Waals surface area (Å²) in [5.41, 5.74) is -1.89. The summed E-state index contributed by atoms with van der Waals surface area (Å²) >= 11 is 0. The highest BCUT2D eigenvalue weighted by Crippen LogP contribution is 2.43. The van der Waals surface area contributed by atoms with Crippen LogP contribution in [0.3, 0.4) is 0 Å². The van der Waals surface area contributed by atoms with Crippen molar-refractivity contribution < 1.29 is 28.9 Å². The molecule has 0 aliphatic carbocycles. The van der Waals surface area contributed by atoms with Gasteiger partial charge in [0.05, 0.1) is 34.9 Å². The molecular weight excluding hydrogens is 440 g/mol. The normalized spacial score (nSPS) is 11.4. The van der Waals surface area contributed by atoms with Gasteiger partial charge in [-0.1, -0.05) is 30.3 Å². The van der Waals surface area contributed by atoms with E-state index in [1.807, 2.05) is 0 Å². The van der Waals surface area contributed by atoms with Gasteiger partial charge < -0.3 is 28.9 Å². The molecule has 0 unspecified atom stereocenters. The van der Waals surface area contributed by atoms with Crippen LogP contribution in [0.5, 0.6) is 23.0 Å². The van der Waals surface area contributed by atoms with Crippen LogP contribution in [0.25, 0.3) is 21.9 Å². The van der Waals surface area contributed by atoms with Crippen LogP contribution in [-0.2, 0) is 0 Å². The second kappa shape index (κ2) is 8.00. The third-order valence-electron chi connectivity index (χ3n) is 5.75. The maximum Gasteiger partial charge on any atom is 0.344 e. The first-order valence-electron chi connectivity index (χ1n) is 10.3. The third kappa shape index (κ3) is 3.24. The molecule has 8 nitrogen and oxygen atoms in total. The average Bonchev–Trinajstić information content (AvgIpc) is 2.83. The molecule has 5 aromatic rings. The number of hydrogen-bond acceptors (Lipinski definition) is 8. The molecule has 3 N–H and O–H groups in total. The van der Waals surface area contributed by atoms with E-state index < -0.39 is 28.7 Å². The van der Waals surface area contributed by atoms with Crippen molar-refractivity contribution in [1.29, 1.82) is 0 Å². The van der Waals surface area contributed by atoms with E-state index in [1.54, 1.807) is 36.4 Å².